The van der Waals surface area contributed by atoms with Crippen LogP contribution in [0.3, 0.4) is 0 Å². The molecule has 0 aromatic heterocycles. The van der Waals surface area contributed by atoms with Gasteiger partial charge in [-0.1, -0.05) is 13.8 Å². The lowest BCUT2D eigenvalue weighted by Crippen LogP contribution is -2.56. The van der Waals surface area contributed by atoms with Crippen LogP contribution in [-0.4, -0.2) is 30.1 Å². The number of rotatable bonds is 4. The van der Waals surface area contributed by atoms with Gasteiger partial charge in [0.05, 0.1) is 0 Å². The van der Waals surface area contributed by atoms with Gasteiger partial charge in [0.2, 0.25) is 0 Å². The van der Waals surface area contributed by atoms with E-state index in [4.69, 9.17) is 5.73 Å². The van der Waals surface area contributed by atoms with E-state index >= 15 is 0 Å². The van der Waals surface area contributed by atoms with Crippen LogP contribution < -0.4 is 5.73 Å². The van der Waals surface area contributed by atoms with Crippen LogP contribution in [0, 0.1) is 11.3 Å². The fraction of sp³-hybridized carbons (Fsp3) is 1.00. The van der Waals surface area contributed by atoms with Crippen LogP contribution >= 0.6 is 0 Å². The molecule has 2 aliphatic carbocycles. The van der Waals surface area contributed by atoms with Gasteiger partial charge in [0.15, 0.2) is 0 Å². The average Bonchev–Trinajstić information content (AvgIpc) is 3.11. The Morgan fingerprint density at radius 3 is 2.12 bits per heavy atom. The van der Waals surface area contributed by atoms with Crippen molar-refractivity contribution >= 4 is 0 Å². The van der Waals surface area contributed by atoms with E-state index in [1.54, 1.807) is 0 Å². The van der Waals surface area contributed by atoms with Crippen molar-refractivity contribution in [1.29, 1.82) is 0 Å². The van der Waals surface area contributed by atoms with Gasteiger partial charge in [-0.3, -0.25) is 4.90 Å². The average molecular weight is 238 g/mol. The Kier molecular flexibility index (Phi) is 3.57. The predicted octanol–water partition coefficient (Wildman–Crippen LogP) is 3.01. The molecule has 2 N–H and O–H groups in total. The van der Waals surface area contributed by atoms with Crippen molar-refractivity contribution in [2.24, 2.45) is 17.1 Å². The largest absolute Gasteiger partial charge is 0.329 e. The Labute approximate surface area is 107 Å². The van der Waals surface area contributed by atoms with E-state index in [0.29, 0.717) is 5.41 Å². The molecule has 2 nitrogen and oxygen atoms in total. The van der Waals surface area contributed by atoms with Gasteiger partial charge in [-0.15, -0.1) is 0 Å². The second-order valence-corrected chi connectivity index (χ2v) is 7.34. The summed E-state index contributed by atoms with van der Waals surface area (Å²) in [6.45, 7) is 8.01. The summed E-state index contributed by atoms with van der Waals surface area (Å²) in [5.41, 5.74) is 6.89. The lowest BCUT2D eigenvalue weighted by Gasteiger charge is -2.47. The molecule has 2 saturated carbocycles. The van der Waals surface area contributed by atoms with Crippen molar-refractivity contribution in [2.75, 3.05) is 13.6 Å². The maximum Gasteiger partial charge on any atom is 0.0331 e. The summed E-state index contributed by atoms with van der Waals surface area (Å²) in [5.74, 6) is 0.854. The number of nitrogens with two attached hydrogens (primary N) is 1. The van der Waals surface area contributed by atoms with Gasteiger partial charge in [-0.2, -0.15) is 0 Å². The third-order valence-electron chi connectivity index (χ3n) is 5.53. The van der Waals surface area contributed by atoms with Crippen molar-refractivity contribution in [3.63, 3.8) is 0 Å². The Hall–Kier alpha value is -0.0800. The molecule has 0 heterocycles. The Morgan fingerprint density at radius 1 is 1.18 bits per heavy atom. The van der Waals surface area contributed by atoms with Gasteiger partial charge in [-0.25, -0.2) is 0 Å². The summed E-state index contributed by atoms with van der Waals surface area (Å²) < 4.78 is 0. The summed E-state index contributed by atoms with van der Waals surface area (Å²) in [6, 6.07) is 0.761. The van der Waals surface area contributed by atoms with Crippen LogP contribution in [-0.2, 0) is 0 Å². The molecule has 0 bridgehead atoms. The van der Waals surface area contributed by atoms with Crippen molar-refractivity contribution in [3.8, 4) is 0 Å². The highest BCUT2D eigenvalue weighted by molar-refractivity contribution is 5.01. The summed E-state index contributed by atoms with van der Waals surface area (Å²) >= 11 is 0. The molecule has 2 rings (SSSR count). The molecule has 0 saturated heterocycles. The van der Waals surface area contributed by atoms with Crippen LogP contribution in [0.1, 0.15) is 59.3 Å². The van der Waals surface area contributed by atoms with E-state index in [1.165, 1.54) is 38.5 Å². The van der Waals surface area contributed by atoms with Crippen LogP contribution in [0.15, 0.2) is 0 Å². The highest BCUT2D eigenvalue weighted by atomic mass is 15.2. The minimum absolute atomic E-state index is 0.256. The number of hydrogen-bond donors (Lipinski definition) is 1. The number of likely N-dealkylation sites (N-methyl/N-ethyl adjacent to an activating group) is 1. The quantitative estimate of drug-likeness (QED) is 0.816. The summed E-state index contributed by atoms with van der Waals surface area (Å²) in [7, 11) is 2.31. The lowest BCUT2D eigenvalue weighted by atomic mass is 9.74. The summed E-state index contributed by atoms with van der Waals surface area (Å²) in [6.07, 6.45) is 8.21. The SMILES string of the molecule is CN(C1CCC(C)(C)CC1)C(C)(CN)C1CC1. The minimum Gasteiger partial charge on any atom is -0.329 e. The van der Waals surface area contributed by atoms with Gasteiger partial charge in [-0.05, 0) is 63.8 Å². The number of nitrogens with zero attached hydrogens (tertiary/aromatic N) is 1. The van der Waals surface area contributed by atoms with Crippen molar-refractivity contribution in [1.82, 2.24) is 4.90 Å². The lowest BCUT2D eigenvalue weighted by molar-refractivity contribution is 0.0335. The molecular weight excluding hydrogens is 208 g/mol. The molecule has 2 heteroatoms. The van der Waals surface area contributed by atoms with Crippen molar-refractivity contribution in [3.05, 3.63) is 0 Å². The molecule has 1 unspecified atom stereocenters. The van der Waals surface area contributed by atoms with Crippen LogP contribution in [0.5, 0.6) is 0 Å². The van der Waals surface area contributed by atoms with Crippen molar-refractivity contribution < 1.29 is 0 Å². The zero-order chi connectivity index (χ0) is 12.7. The molecule has 0 aromatic carbocycles. The van der Waals surface area contributed by atoms with E-state index in [1.807, 2.05) is 0 Å². The number of hydrogen-bond acceptors (Lipinski definition) is 2. The summed E-state index contributed by atoms with van der Waals surface area (Å²) in [5, 5.41) is 0. The van der Waals surface area contributed by atoms with E-state index in [2.05, 4.69) is 32.7 Å². The molecule has 0 aliphatic heterocycles. The highest BCUT2D eigenvalue weighted by Crippen LogP contribution is 2.45. The van der Waals surface area contributed by atoms with Gasteiger partial charge >= 0.3 is 0 Å². The fourth-order valence-electron chi connectivity index (χ4n) is 3.49. The zero-order valence-corrected chi connectivity index (χ0v) is 12.1. The van der Waals surface area contributed by atoms with Gasteiger partial charge in [0.25, 0.3) is 0 Å². The first-order chi connectivity index (χ1) is 7.89. The van der Waals surface area contributed by atoms with E-state index in [-0.39, 0.29) is 5.54 Å². The first-order valence-corrected chi connectivity index (χ1v) is 7.32. The second kappa shape index (κ2) is 4.55. The third-order valence-corrected chi connectivity index (χ3v) is 5.53. The third kappa shape index (κ3) is 2.68. The zero-order valence-electron chi connectivity index (χ0n) is 12.1. The molecule has 0 amide bonds. The Balaban J connectivity index is 1.97. The van der Waals surface area contributed by atoms with E-state index < -0.39 is 0 Å². The van der Waals surface area contributed by atoms with E-state index in [9.17, 15) is 0 Å². The molecule has 2 fully saturated rings. The van der Waals surface area contributed by atoms with Gasteiger partial charge < -0.3 is 5.73 Å². The van der Waals surface area contributed by atoms with Crippen molar-refractivity contribution in [2.45, 2.75) is 70.9 Å². The Bertz CT molecular complexity index is 260. The standard InChI is InChI=1S/C15H30N2/c1-14(2)9-7-13(8-10-14)17(4)15(3,11-16)12-5-6-12/h12-13H,5-11,16H2,1-4H3. The first-order valence-electron chi connectivity index (χ1n) is 7.32. The molecule has 100 valence electrons. The molecule has 17 heavy (non-hydrogen) atoms. The maximum atomic E-state index is 6.07. The maximum absolute atomic E-state index is 6.07. The first kappa shape index (κ1) is 13.4. The monoisotopic (exact) mass is 238 g/mol. The van der Waals surface area contributed by atoms with Crippen LogP contribution in [0.25, 0.3) is 0 Å². The molecule has 0 radical (unpaired) electrons. The molecule has 0 aromatic rings. The fourth-order valence-corrected chi connectivity index (χ4v) is 3.49. The molecule has 0 spiro atoms. The second-order valence-electron chi connectivity index (χ2n) is 7.34. The predicted molar refractivity (Wildman–Crippen MR) is 74.0 cm³/mol. The summed E-state index contributed by atoms with van der Waals surface area (Å²) in [4.78, 5) is 2.62. The Morgan fingerprint density at radius 2 is 1.71 bits per heavy atom. The van der Waals surface area contributed by atoms with Gasteiger partial charge in [0, 0.05) is 18.1 Å². The highest BCUT2D eigenvalue weighted by Gasteiger charge is 2.46. The topological polar surface area (TPSA) is 29.3 Å². The van der Waals surface area contributed by atoms with Crippen LogP contribution in [0.4, 0.5) is 0 Å². The molecule has 1 atom stereocenters. The normalized spacial score (nSPS) is 29.3. The van der Waals surface area contributed by atoms with Crippen LogP contribution in [0.2, 0.25) is 0 Å². The molecular formula is C15H30N2. The van der Waals surface area contributed by atoms with E-state index in [0.717, 1.165) is 18.5 Å². The minimum atomic E-state index is 0.256. The smallest absolute Gasteiger partial charge is 0.0331 e. The molecule has 2 aliphatic rings. The van der Waals surface area contributed by atoms with Gasteiger partial charge in [0.1, 0.15) is 0 Å².